The Kier molecular flexibility index (Phi) is 4.85. The summed E-state index contributed by atoms with van der Waals surface area (Å²) >= 11 is 6.08. The molecule has 1 aromatic heterocycles. The Morgan fingerprint density at radius 3 is 2.86 bits per heavy atom. The van der Waals surface area contributed by atoms with Gasteiger partial charge in [-0.2, -0.15) is 5.10 Å². The molecule has 1 heterocycles. The van der Waals surface area contributed by atoms with Crippen molar-refractivity contribution in [1.29, 1.82) is 0 Å². The van der Waals surface area contributed by atoms with E-state index >= 15 is 0 Å². The van der Waals surface area contributed by atoms with Crippen LogP contribution in [0, 0.1) is 6.92 Å². The summed E-state index contributed by atoms with van der Waals surface area (Å²) in [6, 6.07) is 7.48. The molecule has 0 amide bonds. The second kappa shape index (κ2) is 6.63. The van der Waals surface area contributed by atoms with Crippen LogP contribution in [0.5, 0.6) is 0 Å². The van der Waals surface area contributed by atoms with Gasteiger partial charge in [-0.3, -0.25) is 9.48 Å². The minimum absolute atomic E-state index is 0.147. The zero-order chi connectivity index (χ0) is 15.4. The van der Waals surface area contributed by atoms with Crippen LogP contribution in [0.1, 0.15) is 23.2 Å². The number of nitrogen functional groups attached to an aromatic ring is 1. The van der Waals surface area contributed by atoms with E-state index in [1.807, 2.05) is 31.2 Å². The number of aromatic nitrogens is 2. The summed E-state index contributed by atoms with van der Waals surface area (Å²) in [5.74, 6) is -0.267. The zero-order valence-electron chi connectivity index (χ0n) is 12.1. The molecule has 2 N–H and O–H groups in total. The molecule has 112 valence electrons. The summed E-state index contributed by atoms with van der Waals surface area (Å²) in [6.07, 6.45) is 0.907. The van der Waals surface area contributed by atoms with Crippen LogP contribution in [0.3, 0.4) is 0 Å². The minimum Gasteiger partial charge on any atom is -0.461 e. The van der Waals surface area contributed by atoms with Crippen molar-refractivity contribution in [2.24, 2.45) is 7.05 Å². The molecule has 0 fully saturated rings. The topological polar surface area (TPSA) is 70.1 Å². The number of benzene rings is 1. The summed E-state index contributed by atoms with van der Waals surface area (Å²) < 4.78 is 6.81. The molecule has 0 saturated heterocycles. The Balaban J connectivity index is 1.85. The molecule has 1 aromatic carbocycles. The van der Waals surface area contributed by atoms with Crippen LogP contribution in [0.25, 0.3) is 0 Å². The van der Waals surface area contributed by atoms with Crippen LogP contribution in [0.4, 0.5) is 5.69 Å². The number of anilines is 1. The maximum absolute atomic E-state index is 11.8. The van der Waals surface area contributed by atoms with Crippen LogP contribution in [0.15, 0.2) is 24.3 Å². The number of hydrogen-bond donors (Lipinski definition) is 1. The van der Waals surface area contributed by atoms with Gasteiger partial charge in [0.1, 0.15) is 11.8 Å². The van der Waals surface area contributed by atoms with Gasteiger partial charge in [0.2, 0.25) is 0 Å². The van der Waals surface area contributed by atoms with E-state index in [0.717, 1.165) is 16.8 Å². The van der Waals surface area contributed by atoms with Gasteiger partial charge < -0.3 is 10.5 Å². The van der Waals surface area contributed by atoms with E-state index < -0.39 is 0 Å². The number of esters is 1. The molecular formula is C15H18ClN3O2. The SMILES string of the molecule is Cc1nn(C)c(Cl)c1COC(=O)CCc1cccc(N)c1. The third-order valence-corrected chi connectivity index (χ3v) is 3.69. The number of hydrogen-bond acceptors (Lipinski definition) is 4. The van der Waals surface area contributed by atoms with Crippen LogP contribution in [-0.4, -0.2) is 15.7 Å². The van der Waals surface area contributed by atoms with E-state index in [1.54, 1.807) is 11.7 Å². The van der Waals surface area contributed by atoms with Gasteiger partial charge in [-0.05, 0) is 31.0 Å². The average molecular weight is 308 g/mol. The lowest BCUT2D eigenvalue weighted by molar-refractivity contribution is -0.144. The monoisotopic (exact) mass is 307 g/mol. The summed E-state index contributed by atoms with van der Waals surface area (Å²) in [5, 5.41) is 4.67. The van der Waals surface area contributed by atoms with Gasteiger partial charge in [0.15, 0.2) is 0 Å². The lowest BCUT2D eigenvalue weighted by Crippen LogP contribution is -2.06. The molecule has 5 nitrogen and oxygen atoms in total. The molecule has 0 bridgehead atoms. The number of rotatable bonds is 5. The highest BCUT2D eigenvalue weighted by atomic mass is 35.5. The average Bonchev–Trinajstić information content (AvgIpc) is 2.68. The maximum atomic E-state index is 11.8. The molecule has 0 radical (unpaired) electrons. The number of carbonyl (C=O) groups is 1. The smallest absolute Gasteiger partial charge is 0.306 e. The lowest BCUT2D eigenvalue weighted by Gasteiger charge is -2.05. The molecule has 0 aliphatic carbocycles. The van der Waals surface area contributed by atoms with Crippen molar-refractivity contribution in [3.63, 3.8) is 0 Å². The van der Waals surface area contributed by atoms with Gasteiger partial charge in [-0.15, -0.1) is 0 Å². The first-order valence-corrected chi connectivity index (χ1v) is 7.03. The van der Waals surface area contributed by atoms with Crippen molar-refractivity contribution in [1.82, 2.24) is 9.78 Å². The molecule has 0 unspecified atom stereocenters. The molecule has 21 heavy (non-hydrogen) atoms. The fourth-order valence-corrected chi connectivity index (χ4v) is 2.29. The van der Waals surface area contributed by atoms with E-state index in [9.17, 15) is 4.79 Å². The highest BCUT2D eigenvalue weighted by Crippen LogP contribution is 2.19. The Hall–Kier alpha value is -2.01. The fraction of sp³-hybridized carbons (Fsp3) is 0.333. The standard InChI is InChI=1S/C15H18ClN3O2/c1-10-13(15(16)19(2)18-10)9-21-14(20)7-6-11-4-3-5-12(17)8-11/h3-5,8H,6-7,9,17H2,1-2H3. The number of aryl methyl sites for hydroxylation is 3. The second-order valence-electron chi connectivity index (χ2n) is 4.88. The maximum Gasteiger partial charge on any atom is 0.306 e. The van der Waals surface area contributed by atoms with Crippen LogP contribution in [-0.2, 0) is 29.6 Å². The predicted octanol–water partition coefficient (Wildman–Crippen LogP) is 2.64. The Bertz CT molecular complexity index is 652. The highest BCUT2D eigenvalue weighted by molar-refractivity contribution is 6.30. The molecule has 2 aromatic rings. The largest absolute Gasteiger partial charge is 0.461 e. The van der Waals surface area contributed by atoms with Crippen molar-refractivity contribution < 1.29 is 9.53 Å². The van der Waals surface area contributed by atoms with Gasteiger partial charge in [-0.1, -0.05) is 23.7 Å². The van der Waals surface area contributed by atoms with Gasteiger partial charge in [0.25, 0.3) is 0 Å². The molecule has 0 aliphatic rings. The van der Waals surface area contributed by atoms with Crippen LogP contribution < -0.4 is 5.73 Å². The van der Waals surface area contributed by atoms with Crippen molar-refractivity contribution in [3.8, 4) is 0 Å². The van der Waals surface area contributed by atoms with Gasteiger partial charge in [0, 0.05) is 24.7 Å². The van der Waals surface area contributed by atoms with Crippen molar-refractivity contribution >= 4 is 23.3 Å². The first kappa shape index (κ1) is 15.4. The number of ether oxygens (including phenoxy) is 1. The minimum atomic E-state index is -0.267. The van der Waals surface area contributed by atoms with E-state index in [2.05, 4.69) is 5.10 Å². The van der Waals surface area contributed by atoms with E-state index in [4.69, 9.17) is 22.1 Å². The lowest BCUT2D eigenvalue weighted by atomic mass is 10.1. The first-order chi connectivity index (χ1) is 9.97. The third kappa shape index (κ3) is 3.98. The van der Waals surface area contributed by atoms with Gasteiger partial charge in [-0.25, -0.2) is 0 Å². The van der Waals surface area contributed by atoms with E-state index in [0.29, 0.717) is 23.7 Å². The quantitative estimate of drug-likeness (QED) is 0.681. The molecule has 0 spiro atoms. The molecule has 2 rings (SSSR count). The summed E-state index contributed by atoms with van der Waals surface area (Å²) in [4.78, 5) is 11.8. The van der Waals surface area contributed by atoms with Crippen molar-refractivity contribution in [2.75, 3.05) is 5.73 Å². The Morgan fingerprint density at radius 1 is 1.48 bits per heavy atom. The van der Waals surface area contributed by atoms with Gasteiger partial charge in [0.05, 0.1) is 5.69 Å². The van der Waals surface area contributed by atoms with E-state index in [-0.39, 0.29) is 12.6 Å². The highest BCUT2D eigenvalue weighted by Gasteiger charge is 2.13. The second-order valence-corrected chi connectivity index (χ2v) is 5.24. The van der Waals surface area contributed by atoms with Crippen molar-refractivity contribution in [3.05, 3.63) is 46.2 Å². The predicted molar refractivity (Wildman–Crippen MR) is 81.9 cm³/mol. The number of nitrogens with zero attached hydrogens (tertiary/aromatic N) is 2. The summed E-state index contributed by atoms with van der Waals surface area (Å²) in [7, 11) is 1.75. The number of nitrogens with two attached hydrogens (primary N) is 1. The summed E-state index contributed by atoms with van der Waals surface area (Å²) in [6.45, 7) is 1.98. The Morgan fingerprint density at radius 2 is 2.24 bits per heavy atom. The normalized spacial score (nSPS) is 10.6. The molecule has 0 atom stereocenters. The first-order valence-electron chi connectivity index (χ1n) is 6.65. The Labute approximate surface area is 128 Å². The summed E-state index contributed by atoms with van der Waals surface area (Å²) in [5.41, 5.74) is 8.92. The number of carbonyl (C=O) groups excluding carboxylic acids is 1. The molecule has 0 saturated carbocycles. The van der Waals surface area contributed by atoms with Gasteiger partial charge >= 0.3 is 5.97 Å². The van der Waals surface area contributed by atoms with E-state index in [1.165, 1.54) is 0 Å². The van der Waals surface area contributed by atoms with Crippen molar-refractivity contribution in [2.45, 2.75) is 26.4 Å². The molecule has 0 aliphatic heterocycles. The van der Waals surface area contributed by atoms with Crippen LogP contribution >= 0.6 is 11.6 Å². The molecular weight excluding hydrogens is 290 g/mol. The fourth-order valence-electron chi connectivity index (χ4n) is 2.06. The third-order valence-electron chi connectivity index (χ3n) is 3.22. The van der Waals surface area contributed by atoms with Crippen LogP contribution in [0.2, 0.25) is 5.15 Å². The number of halogens is 1. The molecule has 6 heteroatoms. The zero-order valence-corrected chi connectivity index (χ0v) is 12.9.